The first-order valence-electron chi connectivity index (χ1n) is 3.65. The highest BCUT2D eigenvalue weighted by molar-refractivity contribution is 7.80. The van der Waals surface area contributed by atoms with Crippen LogP contribution in [0.4, 0.5) is 0 Å². The van der Waals surface area contributed by atoms with Gasteiger partial charge in [0.25, 0.3) is 0 Å². The van der Waals surface area contributed by atoms with E-state index in [2.05, 4.69) is 0 Å². The van der Waals surface area contributed by atoms with E-state index < -0.39 is 0 Å². The highest BCUT2D eigenvalue weighted by atomic mass is 32.1. The van der Waals surface area contributed by atoms with Crippen molar-refractivity contribution in [1.82, 2.24) is 0 Å². The van der Waals surface area contributed by atoms with Crippen LogP contribution in [-0.2, 0) is 4.74 Å². The molecule has 0 aromatic carbocycles. The van der Waals surface area contributed by atoms with Crippen LogP contribution in [0.15, 0.2) is 0 Å². The van der Waals surface area contributed by atoms with Crippen LogP contribution in [-0.4, -0.2) is 18.2 Å². The third-order valence-electron chi connectivity index (χ3n) is 1.74. The molecule has 1 fully saturated rings. The summed E-state index contributed by atoms with van der Waals surface area (Å²) in [5, 5.41) is 0. The summed E-state index contributed by atoms with van der Waals surface area (Å²) in [4.78, 5) is 0.621. The lowest BCUT2D eigenvalue weighted by molar-refractivity contribution is 0.0576. The van der Waals surface area contributed by atoms with Crippen LogP contribution < -0.4 is 5.73 Å². The third kappa shape index (κ3) is 2.62. The van der Waals surface area contributed by atoms with Gasteiger partial charge in [-0.1, -0.05) is 12.2 Å². The molecule has 0 saturated carbocycles. The van der Waals surface area contributed by atoms with Gasteiger partial charge in [-0.3, -0.25) is 0 Å². The maximum absolute atomic E-state index is 5.40. The van der Waals surface area contributed by atoms with Gasteiger partial charge in [0.2, 0.25) is 0 Å². The molecule has 1 rings (SSSR count). The van der Waals surface area contributed by atoms with Gasteiger partial charge >= 0.3 is 0 Å². The average Bonchev–Trinajstić information content (AvgIpc) is 1.88. The molecule has 10 heavy (non-hydrogen) atoms. The van der Waals surface area contributed by atoms with E-state index in [4.69, 9.17) is 22.7 Å². The quantitative estimate of drug-likeness (QED) is 0.613. The van der Waals surface area contributed by atoms with Crippen molar-refractivity contribution in [2.45, 2.75) is 19.3 Å². The summed E-state index contributed by atoms with van der Waals surface area (Å²) in [7, 11) is 0. The molecule has 0 spiro atoms. The van der Waals surface area contributed by atoms with Crippen molar-refractivity contribution in [3.05, 3.63) is 0 Å². The highest BCUT2D eigenvalue weighted by Crippen LogP contribution is 2.16. The standard InChI is InChI=1S/C7H13NOS/c8-7(10)4-6-2-1-3-9-5-6/h6H,1-5H2,(H2,8,10). The second kappa shape index (κ2) is 3.88. The fourth-order valence-electron chi connectivity index (χ4n) is 1.25. The van der Waals surface area contributed by atoms with E-state index in [0.717, 1.165) is 26.1 Å². The Hall–Kier alpha value is -0.150. The largest absolute Gasteiger partial charge is 0.393 e. The first-order valence-corrected chi connectivity index (χ1v) is 4.06. The summed E-state index contributed by atoms with van der Waals surface area (Å²) in [5.41, 5.74) is 5.40. The van der Waals surface area contributed by atoms with E-state index in [0.29, 0.717) is 10.9 Å². The zero-order chi connectivity index (χ0) is 7.40. The molecule has 1 saturated heterocycles. The van der Waals surface area contributed by atoms with Gasteiger partial charge < -0.3 is 10.5 Å². The van der Waals surface area contributed by atoms with E-state index in [9.17, 15) is 0 Å². The molecule has 3 heteroatoms. The van der Waals surface area contributed by atoms with Crippen LogP contribution in [0.1, 0.15) is 19.3 Å². The smallest absolute Gasteiger partial charge is 0.0730 e. The molecule has 0 aliphatic carbocycles. The number of hydrogen-bond acceptors (Lipinski definition) is 2. The van der Waals surface area contributed by atoms with Crippen LogP contribution in [0.3, 0.4) is 0 Å². The zero-order valence-electron chi connectivity index (χ0n) is 6.01. The second-order valence-electron chi connectivity index (χ2n) is 2.75. The molecule has 0 bridgehead atoms. The lowest BCUT2D eigenvalue weighted by atomic mass is 9.99. The average molecular weight is 159 g/mol. The van der Waals surface area contributed by atoms with E-state index in [1.165, 1.54) is 6.42 Å². The van der Waals surface area contributed by atoms with E-state index in [1.54, 1.807) is 0 Å². The molecule has 2 N–H and O–H groups in total. The van der Waals surface area contributed by atoms with Gasteiger partial charge in [0, 0.05) is 19.6 Å². The van der Waals surface area contributed by atoms with Crippen molar-refractivity contribution in [2.75, 3.05) is 13.2 Å². The summed E-state index contributed by atoms with van der Waals surface area (Å²) < 4.78 is 5.27. The van der Waals surface area contributed by atoms with Crippen molar-refractivity contribution in [1.29, 1.82) is 0 Å². The predicted molar refractivity (Wildman–Crippen MR) is 44.9 cm³/mol. The Balaban J connectivity index is 2.19. The van der Waals surface area contributed by atoms with Crippen LogP contribution >= 0.6 is 12.2 Å². The van der Waals surface area contributed by atoms with Crippen molar-refractivity contribution in [2.24, 2.45) is 11.7 Å². The summed E-state index contributed by atoms with van der Waals surface area (Å²) in [6.45, 7) is 1.76. The van der Waals surface area contributed by atoms with E-state index in [1.807, 2.05) is 0 Å². The predicted octanol–water partition coefficient (Wildman–Crippen LogP) is 1.09. The Bertz CT molecular complexity index is 121. The van der Waals surface area contributed by atoms with Gasteiger partial charge in [0.1, 0.15) is 0 Å². The number of nitrogens with two attached hydrogens (primary N) is 1. The zero-order valence-corrected chi connectivity index (χ0v) is 6.82. The molecule has 1 heterocycles. The van der Waals surface area contributed by atoms with Crippen molar-refractivity contribution < 1.29 is 4.74 Å². The summed E-state index contributed by atoms with van der Waals surface area (Å²) in [6, 6.07) is 0. The number of ether oxygens (including phenoxy) is 1. The monoisotopic (exact) mass is 159 g/mol. The highest BCUT2D eigenvalue weighted by Gasteiger charge is 2.13. The molecule has 0 aromatic rings. The van der Waals surface area contributed by atoms with E-state index in [-0.39, 0.29) is 0 Å². The minimum Gasteiger partial charge on any atom is -0.393 e. The molecule has 58 valence electrons. The summed E-state index contributed by atoms with van der Waals surface area (Å²) in [6.07, 6.45) is 3.24. The second-order valence-corrected chi connectivity index (χ2v) is 3.28. The van der Waals surface area contributed by atoms with Crippen LogP contribution in [0.5, 0.6) is 0 Å². The Morgan fingerprint density at radius 1 is 1.70 bits per heavy atom. The van der Waals surface area contributed by atoms with Crippen molar-refractivity contribution in [3.63, 3.8) is 0 Å². The molecule has 1 unspecified atom stereocenters. The SMILES string of the molecule is NC(=S)CC1CCCOC1. The lowest BCUT2D eigenvalue weighted by Gasteiger charge is -2.20. The Kier molecular flexibility index (Phi) is 3.09. The van der Waals surface area contributed by atoms with Crippen molar-refractivity contribution in [3.8, 4) is 0 Å². The lowest BCUT2D eigenvalue weighted by Crippen LogP contribution is -2.22. The molecule has 0 amide bonds. The van der Waals surface area contributed by atoms with Gasteiger partial charge in [-0.05, 0) is 18.8 Å². The Labute approximate surface area is 66.7 Å². The molecule has 2 nitrogen and oxygen atoms in total. The number of thiocarbonyl (C=S) groups is 1. The minimum atomic E-state index is 0.589. The molecular weight excluding hydrogens is 146 g/mol. The minimum absolute atomic E-state index is 0.589. The molecule has 0 radical (unpaired) electrons. The van der Waals surface area contributed by atoms with Gasteiger partial charge in [-0.15, -0.1) is 0 Å². The van der Waals surface area contributed by atoms with Crippen LogP contribution in [0.25, 0.3) is 0 Å². The van der Waals surface area contributed by atoms with Gasteiger partial charge in [-0.25, -0.2) is 0 Å². The van der Waals surface area contributed by atoms with Gasteiger partial charge in [-0.2, -0.15) is 0 Å². The molecule has 1 aliphatic rings. The Morgan fingerprint density at radius 3 is 3.00 bits per heavy atom. The third-order valence-corrected chi connectivity index (χ3v) is 1.91. The Morgan fingerprint density at radius 2 is 2.50 bits per heavy atom. The van der Waals surface area contributed by atoms with Crippen LogP contribution in [0, 0.1) is 5.92 Å². The van der Waals surface area contributed by atoms with Crippen molar-refractivity contribution >= 4 is 17.2 Å². The molecule has 1 atom stereocenters. The summed E-state index contributed by atoms with van der Waals surface area (Å²) in [5.74, 6) is 0.589. The topological polar surface area (TPSA) is 35.2 Å². The van der Waals surface area contributed by atoms with E-state index >= 15 is 0 Å². The fraction of sp³-hybridized carbons (Fsp3) is 0.857. The maximum Gasteiger partial charge on any atom is 0.0730 e. The molecular formula is C7H13NOS. The van der Waals surface area contributed by atoms with Gasteiger partial charge in [0.05, 0.1) is 4.99 Å². The van der Waals surface area contributed by atoms with Gasteiger partial charge in [0.15, 0.2) is 0 Å². The van der Waals surface area contributed by atoms with Crippen LogP contribution in [0.2, 0.25) is 0 Å². The molecule has 0 aromatic heterocycles. The summed E-state index contributed by atoms with van der Waals surface area (Å²) >= 11 is 4.80. The normalized spacial score (nSPS) is 26.2. The molecule has 1 aliphatic heterocycles. The number of rotatable bonds is 2. The fourth-order valence-corrected chi connectivity index (χ4v) is 1.49. The first-order chi connectivity index (χ1) is 4.79. The number of hydrogen-bond donors (Lipinski definition) is 1. The first kappa shape index (κ1) is 7.95. The maximum atomic E-state index is 5.40.